The van der Waals surface area contributed by atoms with Crippen LogP contribution in [0.5, 0.6) is 0 Å². The molecule has 182 valence electrons. The van der Waals surface area contributed by atoms with Crippen molar-refractivity contribution in [1.29, 1.82) is 0 Å². The van der Waals surface area contributed by atoms with Gasteiger partial charge in [0.1, 0.15) is 5.58 Å². The van der Waals surface area contributed by atoms with Crippen molar-refractivity contribution in [3.8, 4) is 0 Å². The molecule has 6 nitrogen and oxygen atoms in total. The molecule has 1 aromatic heterocycles. The van der Waals surface area contributed by atoms with E-state index in [2.05, 4.69) is 46.4 Å². The highest BCUT2D eigenvalue weighted by Crippen LogP contribution is 2.49. The second-order valence-electron chi connectivity index (χ2n) is 10.1. The lowest BCUT2D eigenvalue weighted by Gasteiger charge is -2.44. The summed E-state index contributed by atoms with van der Waals surface area (Å²) in [6.45, 7) is 8.12. The molecule has 1 saturated heterocycles. The maximum atomic E-state index is 13.4. The molecule has 1 saturated carbocycles. The van der Waals surface area contributed by atoms with Crippen molar-refractivity contribution >= 4 is 34.2 Å². The van der Waals surface area contributed by atoms with Gasteiger partial charge < -0.3 is 20.0 Å². The molecular formula is C28H31ClN4O2. The Balaban J connectivity index is 1.26. The summed E-state index contributed by atoms with van der Waals surface area (Å²) in [4.78, 5) is 17.7. The second-order valence-corrected chi connectivity index (χ2v) is 10.5. The number of nitrogens with one attached hydrogen (secondary N) is 2. The van der Waals surface area contributed by atoms with Gasteiger partial charge in [-0.15, -0.1) is 0 Å². The Bertz CT molecular complexity index is 1270. The standard InChI is InChI=1S/C28H31ClN4O2/c1-19-30-25-22(29)16-21-17-23(35-26(21)24(25)28(31-19)10-6-3-7-11-28)27(34)33-14-12-32(13-15-33)18-20-8-4-2-5-9-20/h2,4-5,8-9,16-17,30-31H,1,3,6-7,10-15,18H2. The number of nitrogens with zero attached hydrogens (tertiary/aromatic N) is 2. The minimum atomic E-state index is -0.264. The zero-order valence-corrected chi connectivity index (χ0v) is 20.7. The minimum absolute atomic E-state index is 0.0516. The van der Waals surface area contributed by atoms with Crippen LogP contribution in [0.3, 0.4) is 0 Å². The fourth-order valence-corrected chi connectivity index (χ4v) is 6.26. The molecule has 0 atom stereocenters. The van der Waals surface area contributed by atoms with E-state index >= 15 is 0 Å². The third kappa shape index (κ3) is 4.09. The van der Waals surface area contributed by atoms with Crippen LogP contribution in [0.4, 0.5) is 5.69 Å². The Kier molecular flexibility index (Phi) is 5.73. The number of piperazine rings is 1. The third-order valence-electron chi connectivity index (χ3n) is 7.73. The van der Waals surface area contributed by atoms with Crippen LogP contribution >= 0.6 is 11.6 Å². The Morgan fingerprint density at radius 3 is 2.54 bits per heavy atom. The SMILES string of the molecule is C=C1Nc2c(Cl)cc3cc(C(=O)N4CCN(Cc5ccccc5)CC4)oc3c2C2(CCCCC2)N1. The van der Waals surface area contributed by atoms with Crippen LogP contribution in [0.25, 0.3) is 11.0 Å². The van der Waals surface area contributed by atoms with Gasteiger partial charge in [0.25, 0.3) is 5.91 Å². The first-order valence-electron chi connectivity index (χ1n) is 12.6. The van der Waals surface area contributed by atoms with Gasteiger partial charge in [0, 0.05) is 43.7 Å². The van der Waals surface area contributed by atoms with Crippen LogP contribution in [-0.2, 0) is 12.1 Å². The lowest BCUT2D eigenvalue weighted by molar-refractivity contribution is 0.0600. The van der Waals surface area contributed by atoms with Crippen molar-refractivity contribution in [2.45, 2.75) is 44.2 Å². The molecule has 2 aromatic carbocycles. The van der Waals surface area contributed by atoms with E-state index in [1.54, 1.807) is 0 Å². The molecule has 6 rings (SSSR count). The van der Waals surface area contributed by atoms with Gasteiger partial charge in [-0.1, -0.05) is 67.8 Å². The van der Waals surface area contributed by atoms with Crippen molar-refractivity contribution in [3.05, 3.63) is 76.8 Å². The van der Waals surface area contributed by atoms with Gasteiger partial charge in [0.2, 0.25) is 0 Å². The monoisotopic (exact) mass is 490 g/mol. The second kappa shape index (κ2) is 8.92. The third-order valence-corrected chi connectivity index (χ3v) is 8.03. The van der Waals surface area contributed by atoms with E-state index in [9.17, 15) is 4.79 Å². The Labute approximate surface area is 210 Å². The average molecular weight is 491 g/mol. The highest BCUT2D eigenvalue weighted by molar-refractivity contribution is 6.34. The average Bonchev–Trinajstić information content (AvgIpc) is 3.28. The predicted molar refractivity (Wildman–Crippen MR) is 140 cm³/mol. The molecule has 7 heteroatoms. The van der Waals surface area contributed by atoms with Crippen LogP contribution in [-0.4, -0.2) is 41.9 Å². The molecule has 2 N–H and O–H groups in total. The smallest absolute Gasteiger partial charge is 0.289 e. The summed E-state index contributed by atoms with van der Waals surface area (Å²) in [5.74, 6) is 1.09. The van der Waals surface area contributed by atoms with Gasteiger partial charge in [0.05, 0.1) is 22.1 Å². The fourth-order valence-electron chi connectivity index (χ4n) is 6.00. The summed E-state index contributed by atoms with van der Waals surface area (Å²) in [5, 5.41) is 8.44. The van der Waals surface area contributed by atoms with Gasteiger partial charge in [-0.25, -0.2) is 0 Å². The summed E-state index contributed by atoms with van der Waals surface area (Å²) in [6.07, 6.45) is 5.47. The van der Waals surface area contributed by atoms with Crippen molar-refractivity contribution in [3.63, 3.8) is 0 Å². The molecule has 1 spiro atoms. The topological polar surface area (TPSA) is 60.8 Å². The van der Waals surface area contributed by atoms with Crippen LogP contribution in [0, 0.1) is 0 Å². The number of amides is 1. The highest BCUT2D eigenvalue weighted by atomic mass is 35.5. The first-order valence-corrected chi connectivity index (χ1v) is 13.0. The van der Waals surface area contributed by atoms with Gasteiger partial charge in [-0.3, -0.25) is 9.69 Å². The summed E-state index contributed by atoms with van der Waals surface area (Å²) in [6, 6.07) is 14.2. The number of furan rings is 1. The minimum Gasteiger partial charge on any atom is -0.450 e. The number of carbonyl (C=O) groups excluding carboxylic acids is 1. The van der Waals surface area contributed by atoms with Crippen LogP contribution < -0.4 is 10.6 Å². The molecule has 1 aliphatic carbocycles. The van der Waals surface area contributed by atoms with Gasteiger partial charge in [0.15, 0.2) is 5.76 Å². The molecule has 0 bridgehead atoms. The maximum absolute atomic E-state index is 13.4. The molecule has 3 heterocycles. The maximum Gasteiger partial charge on any atom is 0.289 e. The van der Waals surface area contributed by atoms with Crippen molar-refractivity contribution in [1.82, 2.24) is 15.1 Å². The Morgan fingerprint density at radius 1 is 1.06 bits per heavy atom. The molecule has 0 unspecified atom stereocenters. The van der Waals surface area contributed by atoms with Crippen LogP contribution in [0.1, 0.15) is 53.8 Å². The van der Waals surface area contributed by atoms with Gasteiger partial charge in [-0.05, 0) is 30.5 Å². The Morgan fingerprint density at radius 2 is 1.80 bits per heavy atom. The molecule has 35 heavy (non-hydrogen) atoms. The van der Waals surface area contributed by atoms with E-state index in [1.807, 2.05) is 23.1 Å². The number of anilines is 1. The van der Waals surface area contributed by atoms with E-state index < -0.39 is 0 Å². The zero-order chi connectivity index (χ0) is 24.0. The molecule has 2 fully saturated rings. The molecular weight excluding hydrogens is 460 g/mol. The van der Waals surface area contributed by atoms with E-state index in [-0.39, 0.29) is 11.4 Å². The number of carbonyl (C=O) groups is 1. The van der Waals surface area contributed by atoms with E-state index in [4.69, 9.17) is 16.0 Å². The quantitative estimate of drug-likeness (QED) is 0.494. The van der Waals surface area contributed by atoms with Crippen molar-refractivity contribution in [2.75, 3.05) is 31.5 Å². The van der Waals surface area contributed by atoms with Crippen molar-refractivity contribution < 1.29 is 9.21 Å². The largest absolute Gasteiger partial charge is 0.450 e. The molecule has 0 radical (unpaired) electrons. The van der Waals surface area contributed by atoms with Crippen LogP contribution in [0.15, 0.2) is 59.3 Å². The number of hydrogen-bond acceptors (Lipinski definition) is 5. The number of benzene rings is 2. The normalized spacial score (nSPS) is 19.9. The summed E-state index contributed by atoms with van der Waals surface area (Å²) < 4.78 is 6.35. The highest BCUT2D eigenvalue weighted by Gasteiger charge is 2.42. The molecule has 3 aromatic rings. The van der Waals surface area contributed by atoms with E-state index in [0.29, 0.717) is 23.9 Å². The zero-order valence-electron chi connectivity index (χ0n) is 19.9. The molecule has 2 aliphatic heterocycles. The number of fused-ring (bicyclic) bond motifs is 4. The fraction of sp³-hybridized carbons (Fsp3) is 0.393. The molecule has 1 amide bonds. The number of rotatable bonds is 3. The predicted octanol–water partition coefficient (Wildman–Crippen LogP) is 5.69. The lowest BCUT2D eigenvalue weighted by Crippen LogP contribution is -2.48. The van der Waals surface area contributed by atoms with E-state index in [1.165, 1.54) is 12.0 Å². The summed E-state index contributed by atoms with van der Waals surface area (Å²) in [5.41, 5.74) is 3.68. The summed E-state index contributed by atoms with van der Waals surface area (Å²) in [7, 11) is 0. The van der Waals surface area contributed by atoms with E-state index in [0.717, 1.165) is 73.4 Å². The van der Waals surface area contributed by atoms with Crippen LogP contribution in [0.2, 0.25) is 5.02 Å². The first-order chi connectivity index (χ1) is 17.0. The van der Waals surface area contributed by atoms with Crippen molar-refractivity contribution in [2.24, 2.45) is 0 Å². The van der Waals surface area contributed by atoms with Gasteiger partial charge in [-0.2, -0.15) is 0 Å². The first kappa shape index (κ1) is 22.5. The lowest BCUT2D eigenvalue weighted by atomic mass is 9.74. The Hall–Kier alpha value is -2.96. The van der Waals surface area contributed by atoms with Gasteiger partial charge >= 0.3 is 0 Å². The number of hydrogen-bond donors (Lipinski definition) is 2. The number of halogens is 1. The summed E-state index contributed by atoms with van der Waals surface area (Å²) >= 11 is 6.74. The molecule has 3 aliphatic rings.